The quantitative estimate of drug-likeness (QED) is 0.744. The molecule has 2 atom stereocenters. The molecule has 0 amide bonds. The molecule has 2 heterocycles. The second-order valence-corrected chi connectivity index (χ2v) is 4.47. The van der Waals surface area contributed by atoms with Gasteiger partial charge in [0.15, 0.2) is 0 Å². The molecule has 0 spiro atoms. The van der Waals surface area contributed by atoms with Crippen LogP contribution in [0, 0.1) is 12.3 Å². The number of nitrogens with zero attached hydrogens (tertiary/aromatic N) is 2. The van der Waals surface area contributed by atoms with Gasteiger partial charge in [-0.1, -0.05) is 5.92 Å². The van der Waals surface area contributed by atoms with Crippen molar-refractivity contribution in [1.29, 1.82) is 0 Å². The van der Waals surface area contributed by atoms with Gasteiger partial charge in [-0.05, 0) is 38.1 Å². The van der Waals surface area contributed by atoms with Crippen molar-refractivity contribution in [3.8, 4) is 12.3 Å². The third-order valence-electron chi connectivity index (χ3n) is 3.38. The van der Waals surface area contributed by atoms with Crippen LogP contribution in [-0.2, 0) is 4.74 Å². The second kappa shape index (κ2) is 5.31. The van der Waals surface area contributed by atoms with E-state index in [-0.39, 0.29) is 6.10 Å². The predicted molar refractivity (Wildman–Crippen MR) is 67.4 cm³/mol. The molecule has 1 aromatic rings. The smallest absolute Gasteiger partial charge is 0.144 e. The zero-order valence-corrected chi connectivity index (χ0v) is 10.4. The summed E-state index contributed by atoms with van der Waals surface area (Å²) in [5.74, 6) is 2.62. The molecule has 1 aliphatic rings. The summed E-state index contributed by atoms with van der Waals surface area (Å²) in [5.41, 5.74) is 2.20. The van der Waals surface area contributed by atoms with Gasteiger partial charge in [0.2, 0.25) is 0 Å². The summed E-state index contributed by atoms with van der Waals surface area (Å²) in [6.45, 7) is 1.15. The number of hydrogen-bond donors (Lipinski definition) is 0. The Morgan fingerprint density at radius 3 is 3.00 bits per heavy atom. The van der Waals surface area contributed by atoms with Crippen molar-refractivity contribution >= 4 is 0 Å². The fourth-order valence-corrected chi connectivity index (χ4v) is 2.43. The summed E-state index contributed by atoms with van der Waals surface area (Å²) in [5, 5.41) is 0. The van der Waals surface area contributed by atoms with E-state index in [1.807, 2.05) is 6.20 Å². The van der Waals surface area contributed by atoms with Gasteiger partial charge in [-0.2, -0.15) is 0 Å². The molecular weight excluding hydrogens is 212 g/mol. The van der Waals surface area contributed by atoms with Crippen molar-refractivity contribution in [1.82, 2.24) is 9.88 Å². The lowest BCUT2D eigenvalue weighted by Gasteiger charge is -2.20. The van der Waals surface area contributed by atoms with Gasteiger partial charge in [-0.15, -0.1) is 6.42 Å². The summed E-state index contributed by atoms with van der Waals surface area (Å²) < 4.78 is 5.24. The average molecular weight is 230 g/mol. The van der Waals surface area contributed by atoms with E-state index in [0.717, 1.165) is 12.1 Å². The molecule has 1 aliphatic heterocycles. The molecule has 0 aliphatic carbocycles. The summed E-state index contributed by atoms with van der Waals surface area (Å²) in [4.78, 5) is 6.64. The van der Waals surface area contributed by atoms with E-state index in [1.165, 1.54) is 18.4 Å². The normalized spacial score (nSPS) is 22.3. The average Bonchev–Trinajstić information content (AvgIpc) is 2.77. The highest BCUT2D eigenvalue weighted by Crippen LogP contribution is 2.31. The molecule has 1 aromatic heterocycles. The second-order valence-electron chi connectivity index (χ2n) is 4.47. The summed E-state index contributed by atoms with van der Waals surface area (Å²) >= 11 is 0. The minimum atomic E-state index is -0.297. The van der Waals surface area contributed by atoms with E-state index in [2.05, 4.69) is 28.9 Å². The molecule has 0 radical (unpaired) electrons. The van der Waals surface area contributed by atoms with Crippen molar-refractivity contribution in [3.63, 3.8) is 0 Å². The van der Waals surface area contributed by atoms with Crippen molar-refractivity contribution in [2.24, 2.45) is 0 Å². The lowest BCUT2D eigenvalue weighted by Crippen LogP contribution is -2.18. The van der Waals surface area contributed by atoms with Crippen LogP contribution in [-0.4, -0.2) is 30.6 Å². The largest absolute Gasteiger partial charge is 0.364 e. The van der Waals surface area contributed by atoms with Crippen molar-refractivity contribution in [2.75, 3.05) is 20.7 Å². The SMILES string of the molecule is C#CC(OC)c1cncc(C2CCCN2C)c1. The molecule has 0 aromatic carbocycles. The zero-order valence-electron chi connectivity index (χ0n) is 10.4. The van der Waals surface area contributed by atoms with Crippen molar-refractivity contribution in [2.45, 2.75) is 25.0 Å². The summed E-state index contributed by atoms with van der Waals surface area (Å²) in [6, 6.07) is 2.59. The monoisotopic (exact) mass is 230 g/mol. The van der Waals surface area contributed by atoms with Crippen LogP contribution in [0.5, 0.6) is 0 Å². The van der Waals surface area contributed by atoms with E-state index in [1.54, 1.807) is 13.3 Å². The van der Waals surface area contributed by atoms with Crippen LogP contribution in [0.1, 0.15) is 36.1 Å². The lowest BCUT2D eigenvalue weighted by molar-refractivity contribution is 0.150. The minimum absolute atomic E-state index is 0.297. The molecule has 2 unspecified atom stereocenters. The number of pyridine rings is 1. The first-order valence-corrected chi connectivity index (χ1v) is 5.90. The summed E-state index contributed by atoms with van der Waals surface area (Å²) in [6.07, 6.45) is 11.3. The molecule has 1 saturated heterocycles. The van der Waals surface area contributed by atoms with Gasteiger partial charge in [0, 0.05) is 31.1 Å². The van der Waals surface area contributed by atoms with Crippen LogP contribution >= 0.6 is 0 Å². The standard InChI is InChI=1S/C14H18N2O/c1-4-14(17-3)12-8-11(9-15-10-12)13-6-5-7-16(13)2/h1,8-10,13-14H,5-7H2,2-3H3. The van der Waals surface area contributed by atoms with E-state index in [0.29, 0.717) is 6.04 Å². The Hall–Kier alpha value is -1.37. The Morgan fingerprint density at radius 2 is 2.41 bits per heavy atom. The number of hydrogen-bond acceptors (Lipinski definition) is 3. The highest BCUT2D eigenvalue weighted by atomic mass is 16.5. The number of likely N-dealkylation sites (tertiary alicyclic amines) is 1. The van der Waals surface area contributed by atoms with Crippen LogP contribution < -0.4 is 0 Å². The first kappa shape index (κ1) is 12.1. The van der Waals surface area contributed by atoms with Crippen LogP contribution in [0.25, 0.3) is 0 Å². The number of aromatic nitrogens is 1. The molecule has 2 rings (SSSR count). The Balaban J connectivity index is 2.25. The number of methoxy groups -OCH3 is 1. The molecule has 17 heavy (non-hydrogen) atoms. The molecule has 3 heteroatoms. The number of ether oxygens (including phenoxy) is 1. The maximum Gasteiger partial charge on any atom is 0.144 e. The number of terminal acetylenes is 1. The van der Waals surface area contributed by atoms with Crippen LogP contribution in [0.4, 0.5) is 0 Å². The van der Waals surface area contributed by atoms with Gasteiger partial charge in [-0.3, -0.25) is 9.88 Å². The van der Waals surface area contributed by atoms with Gasteiger partial charge in [0.05, 0.1) is 0 Å². The van der Waals surface area contributed by atoms with Gasteiger partial charge in [0.25, 0.3) is 0 Å². The first-order valence-electron chi connectivity index (χ1n) is 5.90. The van der Waals surface area contributed by atoms with E-state index < -0.39 is 0 Å². The zero-order chi connectivity index (χ0) is 12.3. The Bertz CT molecular complexity index is 424. The summed E-state index contributed by atoms with van der Waals surface area (Å²) in [7, 11) is 3.78. The highest BCUT2D eigenvalue weighted by Gasteiger charge is 2.23. The molecular formula is C14H18N2O. The molecule has 0 N–H and O–H groups in total. The van der Waals surface area contributed by atoms with E-state index in [9.17, 15) is 0 Å². The number of rotatable bonds is 3. The van der Waals surface area contributed by atoms with E-state index >= 15 is 0 Å². The third-order valence-corrected chi connectivity index (χ3v) is 3.38. The Morgan fingerprint density at radius 1 is 1.59 bits per heavy atom. The van der Waals surface area contributed by atoms with Gasteiger partial charge in [-0.25, -0.2) is 0 Å². The molecule has 1 fully saturated rings. The molecule has 0 bridgehead atoms. The topological polar surface area (TPSA) is 25.4 Å². The highest BCUT2D eigenvalue weighted by molar-refractivity contribution is 5.27. The fraction of sp³-hybridized carbons (Fsp3) is 0.500. The first-order chi connectivity index (χ1) is 8.26. The van der Waals surface area contributed by atoms with Crippen LogP contribution in [0.15, 0.2) is 18.5 Å². The van der Waals surface area contributed by atoms with Crippen molar-refractivity contribution in [3.05, 3.63) is 29.6 Å². The van der Waals surface area contributed by atoms with Crippen LogP contribution in [0.2, 0.25) is 0 Å². The lowest BCUT2D eigenvalue weighted by atomic mass is 10.0. The Labute approximate surface area is 103 Å². The fourth-order valence-electron chi connectivity index (χ4n) is 2.43. The minimum Gasteiger partial charge on any atom is -0.364 e. The van der Waals surface area contributed by atoms with E-state index in [4.69, 9.17) is 11.2 Å². The molecule has 90 valence electrons. The predicted octanol–water partition coefficient (Wildman–Crippen LogP) is 2.17. The third kappa shape index (κ3) is 2.49. The Kier molecular flexibility index (Phi) is 3.78. The molecule has 0 saturated carbocycles. The van der Waals surface area contributed by atoms with Gasteiger partial charge < -0.3 is 4.74 Å². The van der Waals surface area contributed by atoms with Crippen LogP contribution in [0.3, 0.4) is 0 Å². The molecule has 3 nitrogen and oxygen atoms in total. The maximum atomic E-state index is 5.43. The van der Waals surface area contributed by atoms with Gasteiger partial charge >= 0.3 is 0 Å². The van der Waals surface area contributed by atoms with Gasteiger partial charge in [0.1, 0.15) is 6.10 Å². The maximum absolute atomic E-state index is 5.43. The van der Waals surface area contributed by atoms with Crippen molar-refractivity contribution < 1.29 is 4.74 Å².